The molecule has 13 heavy (non-hydrogen) atoms. The standard InChI is InChI=1S/C8H9N3O2/c9-4-10-5-1-2-6-7(3-5)13-8(12)11-6/h1-3,10H,4,9H2,(H,11,12). The van der Waals surface area contributed by atoms with Crippen LogP contribution in [0.25, 0.3) is 11.1 Å². The lowest BCUT2D eigenvalue weighted by atomic mass is 10.3. The third-order valence-corrected chi connectivity index (χ3v) is 1.73. The van der Waals surface area contributed by atoms with Crippen molar-refractivity contribution in [3.8, 4) is 0 Å². The highest BCUT2D eigenvalue weighted by Crippen LogP contribution is 2.15. The Kier molecular flexibility index (Phi) is 1.79. The maximum atomic E-state index is 10.8. The van der Waals surface area contributed by atoms with Crippen molar-refractivity contribution in [1.82, 2.24) is 4.98 Å². The predicted octanol–water partition coefficient (Wildman–Crippen LogP) is 0.449. The Hall–Kier alpha value is -1.75. The summed E-state index contributed by atoms with van der Waals surface area (Å²) in [6.07, 6.45) is 0. The van der Waals surface area contributed by atoms with Gasteiger partial charge in [0.05, 0.1) is 12.2 Å². The van der Waals surface area contributed by atoms with Gasteiger partial charge in [0.1, 0.15) is 0 Å². The zero-order valence-corrected chi connectivity index (χ0v) is 6.83. The number of H-pyrrole nitrogens is 1. The van der Waals surface area contributed by atoms with Gasteiger partial charge in [0.25, 0.3) is 0 Å². The number of anilines is 1. The number of aromatic amines is 1. The van der Waals surface area contributed by atoms with Gasteiger partial charge in [0, 0.05) is 11.8 Å². The lowest BCUT2D eigenvalue weighted by molar-refractivity contribution is 0.555. The second-order valence-electron chi connectivity index (χ2n) is 2.61. The van der Waals surface area contributed by atoms with Crippen LogP contribution in [0.3, 0.4) is 0 Å². The summed E-state index contributed by atoms with van der Waals surface area (Å²) >= 11 is 0. The summed E-state index contributed by atoms with van der Waals surface area (Å²) in [6.45, 7) is 0.347. The molecule has 0 radical (unpaired) electrons. The maximum Gasteiger partial charge on any atom is 0.417 e. The van der Waals surface area contributed by atoms with Crippen LogP contribution < -0.4 is 16.8 Å². The van der Waals surface area contributed by atoms with E-state index in [0.29, 0.717) is 17.8 Å². The van der Waals surface area contributed by atoms with Crippen LogP contribution in [0.1, 0.15) is 0 Å². The molecule has 0 fully saturated rings. The Morgan fingerprint density at radius 1 is 1.54 bits per heavy atom. The van der Waals surface area contributed by atoms with Crippen LogP contribution in [-0.4, -0.2) is 11.7 Å². The molecule has 0 atom stereocenters. The molecule has 0 unspecified atom stereocenters. The Bertz CT molecular complexity index is 471. The van der Waals surface area contributed by atoms with Crippen LogP contribution in [0.15, 0.2) is 27.4 Å². The van der Waals surface area contributed by atoms with E-state index in [2.05, 4.69) is 10.3 Å². The molecule has 0 saturated heterocycles. The molecule has 0 aliphatic carbocycles. The van der Waals surface area contributed by atoms with Gasteiger partial charge < -0.3 is 15.5 Å². The predicted molar refractivity (Wildman–Crippen MR) is 49.5 cm³/mol. The van der Waals surface area contributed by atoms with E-state index < -0.39 is 5.76 Å². The van der Waals surface area contributed by atoms with Crippen molar-refractivity contribution >= 4 is 16.8 Å². The number of nitrogens with one attached hydrogen (secondary N) is 2. The number of benzene rings is 1. The quantitative estimate of drug-likeness (QED) is 0.584. The van der Waals surface area contributed by atoms with E-state index in [4.69, 9.17) is 10.2 Å². The van der Waals surface area contributed by atoms with Gasteiger partial charge >= 0.3 is 5.76 Å². The first kappa shape index (κ1) is 7.88. The van der Waals surface area contributed by atoms with Gasteiger partial charge in [-0.15, -0.1) is 0 Å². The SMILES string of the molecule is NCNc1ccc2[nH]c(=O)oc2c1. The minimum Gasteiger partial charge on any atom is -0.408 e. The van der Waals surface area contributed by atoms with Gasteiger partial charge in [-0.1, -0.05) is 0 Å². The Balaban J connectivity index is 2.54. The van der Waals surface area contributed by atoms with Gasteiger partial charge in [0.15, 0.2) is 5.58 Å². The first-order chi connectivity index (χ1) is 6.29. The molecule has 0 spiro atoms. The summed E-state index contributed by atoms with van der Waals surface area (Å²) in [7, 11) is 0. The fourth-order valence-corrected chi connectivity index (χ4v) is 1.17. The van der Waals surface area contributed by atoms with E-state index in [9.17, 15) is 4.79 Å². The van der Waals surface area contributed by atoms with Crippen molar-refractivity contribution in [2.45, 2.75) is 0 Å². The topological polar surface area (TPSA) is 84.0 Å². The lowest BCUT2D eigenvalue weighted by Gasteiger charge is -2.00. The fourth-order valence-electron chi connectivity index (χ4n) is 1.17. The smallest absolute Gasteiger partial charge is 0.408 e. The van der Waals surface area contributed by atoms with Crippen LogP contribution in [-0.2, 0) is 0 Å². The molecular formula is C8H9N3O2. The number of hydrogen-bond donors (Lipinski definition) is 3. The summed E-state index contributed by atoms with van der Waals surface area (Å²) in [6, 6.07) is 5.30. The Morgan fingerprint density at radius 3 is 3.15 bits per heavy atom. The van der Waals surface area contributed by atoms with Crippen LogP contribution >= 0.6 is 0 Å². The lowest BCUT2D eigenvalue weighted by Crippen LogP contribution is -2.10. The van der Waals surface area contributed by atoms with Gasteiger partial charge in [-0.25, -0.2) is 4.79 Å². The van der Waals surface area contributed by atoms with Crippen molar-refractivity contribution in [1.29, 1.82) is 0 Å². The molecule has 0 bridgehead atoms. The summed E-state index contributed by atoms with van der Waals surface area (Å²) in [5.74, 6) is -0.445. The average Bonchev–Trinajstić information content (AvgIpc) is 2.44. The monoisotopic (exact) mass is 179 g/mol. The van der Waals surface area contributed by atoms with Gasteiger partial charge in [-0.3, -0.25) is 4.98 Å². The van der Waals surface area contributed by atoms with E-state index in [0.717, 1.165) is 5.69 Å². The number of aromatic nitrogens is 1. The van der Waals surface area contributed by atoms with E-state index in [1.165, 1.54) is 0 Å². The largest absolute Gasteiger partial charge is 0.417 e. The first-order valence-electron chi connectivity index (χ1n) is 3.86. The van der Waals surface area contributed by atoms with E-state index in [-0.39, 0.29) is 0 Å². The molecule has 4 N–H and O–H groups in total. The first-order valence-corrected chi connectivity index (χ1v) is 3.86. The normalized spacial score (nSPS) is 10.5. The van der Waals surface area contributed by atoms with Gasteiger partial charge in [-0.2, -0.15) is 0 Å². The number of hydrogen-bond acceptors (Lipinski definition) is 4. The second-order valence-corrected chi connectivity index (χ2v) is 2.61. The van der Waals surface area contributed by atoms with Crippen LogP contribution in [0, 0.1) is 0 Å². The van der Waals surface area contributed by atoms with Crippen molar-refractivity contribution in [3.63, 3.8) is 0 Å². The number of fused-ring (bicyclic) bond motifs is 1. The maximum absolute atomic E-state index is 10.8. The van der Waals surface area contributed by atoms with Crippen molar-refractivity contribution in [3.05, 3.63) is 28.7 Å². The number of rotatable bonds is 2. The molecule has 1 aromatic heterocycles. The minimum absolute atomic E-state index is 0.347. The Morgan fingerprint density at radius 2 is 2.38 bits per heavy atom. The highest BCUT2D eigenvalue weighted by Gasteiger charge is 2.00. The van der Waals surface area contributed by atoms with Crippen molar-refractivity contribution in [2.24, 2.45) is 5.73 Å². The van der Waals surface area contributed by atoms with Gasteiger partial charge in [-0.05, 0) is 12.1 Å². The molecule has 2 rings (SSSR count). The molecule has 0 aliphatic heterocycles. The second kappa shape index (κ2) is 2.95. The number of nitrogens with two attached hydrogens (primary N) is 1. The fraction of sp³-hybridized carbons (Fsp3) is 0.125. The highest BCUT2D eigenvalue weighted by molar-refractivity contribution is 5.76. The minimum atomic E-state index is -0.445. The summed E-state index contributed by atoms with van der Waals surface area (Å²) in [5, 5.41) is 2.91. The Labute approximate surface area is 73.5 Å². The van der Waals surface area contributed by atoms with Crippen molar-refractivity contribution < 1.29 is 4.42 Å². The summed E-state index contributed by atoms with van der Waals surface area (Å²) < 4.78 is 4.86. The molecule has 0 amide bonds. The summed E-state index contributed by atoms with van der Waals surface area (Å²) in [5.41, 5.74) is 7.35. The molecule has 5 heteroatoms. The zero-order chi connectivity index (χ0) is 9.26. The third-order valence-electron chi connectivity index (χ3n) is 1.73. The molecule has 1 heterocycles. The summed E-state index contributed by atoms with van der Waals surface area (Å²) in [4.78, 5) is 13.3. The highest BCUT2D eigenvalue weighted by atomic mass is 16.4. The molecule has 0 saturated carbocycles. The van der Waals surface area contributed by atoms with E-state index in [1.54, 1.807) is 12.1 Å². The van der Waals surface area contributed by atoms with Crippen LogP contribution in [0.4, 0.5) is 5.69 Å². The molecule has 5 nitrogen and oxygen atoms in total. The average molecular weight is 179 g/mol. The molecular weight excluding hydrogens is 170 g/mol. The molecule has 2 aromatic rings. The van der Waals surface area contributed by atoms with E-state index in [1.807, 2.05) is 6.07 Å². The molecule has 0 aliphatic rings. The van der Waals surface area contributed by atoms with E-state index >= 15 is 0 Å². The van der Waals surface area contributed by atoms with Crippen LogP contribution in [0.5, 0.6) is 0 Å². The zero-order valence-electron chi connectivity index (χ0n) is 6.83. The molecule has 68 valence electrons. The number of oxazole rings is 1. The van der Waals surface area contributed by atoms with Gasteiger partial charge in [0.2, 0.25) is 0 Å². The molecule has 1 aromatic carbocycles. The van der Waals surface area contributed by atoms with Crippen molar-refractivity contribution in [2.75, 3.05) is 12.0 Å². The third kappa shape index (κ3) is 1.41. The van der Waals surface area contributed by atoms with Crippen LogP contribution in [0.2, 0.25) is 0 Å².